The Balaban J connectivity index is 1.65. The maximum atomic E-state index is 12.4. The third kappa shape index (κ3) is 4.73. The van der Waals surface area contributed by atoms with E-state index in [0.29, 0.717) is 11.3 Å². The third-order valence-corrected chi connectivity index (χ3v) is 4.46. The lowest BCUT2D eigenvalue weighted by atomic mass is 10.0. The van der Waals surface area contributed by atoms with Gasteiger partial charge in [-0.05, 0) is 53.7 Å². The topological polar surface area (TPSA) is 81.3 Å². The highest BCUT2D eigenvalue weighted by Gasteiger charge is 2.10. The Kier molecular flexibility index (Phi) is 6.03. The summed E-state index contributed by atoms with van der Waals surface area (Å²) in [6, 6.07) is 21.2. The normalized spacial score (nSPS) is 10.2. The molecule has 0 aliphatic carbocycles. The SMILES string of the molecule is O=C(NC(=S)Nc1ccc(Cl)c(C(=O)[O-])c1)c1ccc(-c2ccccc2)cc1. The molecule has 0 aliphatic rings. The van der Waals surface area contributed by atoms with Crippen LogP contribution in [0.15, 0.2) is 72.8 Å². The second kappa shape index (κ2) is 8.65. The molecule has 3 aromatic carbocycles. The number of aromatic carboxylic acids is 1. The van der Waals surface area contributed by atoms with Crippen molar-refractivity contribution in [1.29, 1.82) is 0 Å². The van der Waals surface area contributed by atoms with E-state index in [0.717, 1.165) is 11.1 Å². The molecule has 3 aromatic rings. The Morgan fingerprint density at radius 2 is 1.54 bits per heavy atom. The van der Waals surface area contributed by atoms with Crippen molar-refractivity contribution in [3.8, 4) is 11.1 Å². The Hall–Kier alpha value is -3.22. The molecule has 0 bridgehead atoms. The number of halogens is 1. The lowest BCUT2D eigenvalue weighted by Gasteiger charge is -2.12. The van der Waals surface area contributed by atoms with Crippen LogP contribution in [0.4, 0.5) is 5.69 Å². The van der Waals surface area contributed by atoms with E-state index in [4.69, 9.17) is 23.8 Å². The van der Waals surface area contributed by atoms with Crippen LogP contribution in [-0.4, -0.2) is 17.0 Å². The van der Waals surface area contributed by atoms with Crippen LogP contribution in [-0.2, 0) is 0 Å². The largest absolute Gasteiger partial charge is 0.545 e. The quantitative estimate of drug-likeness (QED) is 0.644. The summed E-state index contributed by atoms with van der Waals surface area (Å²) >= 11 is 10.9. The first kappa shape index (κ1) is 19.5. The van der Waals surface area contributed by atoms with Gasteiger partial charge in [0.15, 0.2) is 5.11 Å². The summed E-state index contributed by atoms with van der Waals surface area (Å²) in [5.74, 6) is -1.78. The summed E-state index contributed by atoms with van der Waals surface area (Å²) in [5.41, 5.74) is 2.69. The van der Waals surface area contributed by atoms with E-state index in [1.165, 1.54) is 12.1 Å². The number of carboxylic acid groups (broad SMARTS) is 1. The first-order valence-electron chi connectivity index (χ1n) is 8.23. The van der Waals surface area contributed by atoms with E-state index in [9.17, 15) is 14.7 Å². The predicted molar refractivity (Wildman–Crippen MR) is 111 cm³/mol. The number of nitrogens with one attached hydrogen (secondary N) is 2. The molecule has 0 aliphatic heterocycles. The van der Waals surface area contributed by atoms with Crippen molar-refractivity contribution in [1.82, 2.24) is 5.32 Å². The molecule has 140 valence electrons. The number of rotatable bonds is 4. The van der Waals surface area contributed by atoms with Crippen LogP contribution in [0.5, 0.6) is 0 Å². The fraction of sp³-hybridized carbons (Fsp3) is 0. The van der Waals surface area contributed by atoms with Gasteiger partial charge in [-0.15, -0.1) is 0 Å². The maximum absolute atomic E-state index is 12.4. The molecular weight excluding hydrogens is 396 g/mol. The first-order chi connectivity index (χ1) is 13.4. The highest BCUT2D eigenvalue weighted by molar-refractivity contribution is 7.80. The fourth-order valence-electron chi connectivity index (χ4n) is 2.54. The molecule has 0 heterocycles. The smallest absolute Gasteiger partial charge is 0.257 e. The van der Waals surface area contributed by atoms with Crippen molar-refractivity contribution in [2.24, 2.45) is 0 Å². The second-order valence-corrected chi connectivity index (χ2v) is 6.65. The van der Waals surface area contributed by atoms with Crippen LogP contribution in [0, 0.1) is 0 Å². The van der Waals surface area contributed by atoms with Gasteiger partial charge in [0.2, 0.25) is 0 Å². The number of anilines is 1. The number of thiocarbonyl (C=S) groups is 1. The fourth-order valence-corrected chi connectivity index (χ4v) is 2.95. The van der Waals surface area contributed by atoms with Gasteiger partial charge >= 0.3 is 0 Å². The van der Waals surface area contributed by atoms with Gasteiger partial charge in [-0.3, -0.25) is 10.1 Å². The van der Waals surface area contributed by atoms with Gasteiger partial charge in [-0.2, -0.15) is 0 Å². The predicted octanol–water partition coefficient (Wildman–Crippen LogP) is 3.50. The molecular formula is C21H14ClN2O3S-. The minimum absolute atomic E-state index is 0.0313. The van der Waals surface area contributed by atoms with Gasteiger partial charge in [0.1, 0.15) is 0 Å². The van der Waals surface area contributed by atoms with E-state index in [2.05, 4.69) is 10.6 Å². The van der Waals surface area contributed by atoms with Crippen LogP contribution in [0.3, 0.4) is 0 Å². The van der Waals surface area contributed by atoms with Gasteiger partial charge in [0.25, 0.3) is 5.91 Å². The monoisotopic (exact) mass is 409 g/mol. The first-order valence-corrected chi connectivity index (χ1v) is 9.01. The minimum atomic E-state index is -1.40. The summed E-state index contributed by atoms with van der Waals surface area (Å²) in [6.07, 6.45) is 0. The summed E-state index contributed by atoms with van der Waals surface area (Å²) in [4.78, 5) is 23.4. The minimum Gasteiger partial charge on any atom is -0.545 e. The van der Waals surface area contributed by atoms with E-state index >= 15 is 0 Å². The number of hydrogen-bond donors (Lipinski definition) is 2. The van der Waals surface area contributed by atoms with Crippen LogP contribution in [0.25, 0.3) is 11.1 Å². The van der Waals surface area contributed by atoms with E-state index in [-0.39, 0.29) is 21.6 Å². The van der Waals surface area contributed by atoms with Gasteiger partial charge in [-0.1, -0.05) is 54.1 Å². The Labute approximate surface area is 172 Å². The highest BCUT2D eigenvalue weighted by Crippen LogP contribution is 2.21. The number of carbonyl (C=O) groups excluding carboxylic acids is 2. The van der Waals surface area contributed by atoms with Crippen LogP contribution < -0.4 is 15.7 Å². The lowest BCUT2D eigenvalue weighted by molar-refractivity contribution is -0.255. The van der Waals surface area contributed by atoms with E-state index in [1.807, 2.05) is 42.5 Å². The standard InChI is InChI=1S/C21H15ClN2O3S/c22-18-11-10-16(12-17(18)20(26)27)23-21(28)24-19(25)15-8-6-14(7-9-15)13-4-2-1-3-5-13/h1-12H,(H,26,27)(H2,23,24,25,28)/p-1. The van der Waals surface area contributed by atoms with Crippen molar-refractivity contribution in [2.75, 3.05) is 5.32 Å². The summed E-state index contributed by atoms with van der Waals surface area (Å²) in [5, 5.41) is 16.4. The zero-order valence-corrected chi connectivity index (χ0v) is 16.0. The van der Waals surface area contributed by atoms with Crippen LogP contribution >= 0.6 is 23.8 Å². The molecule has 5 nitrogen and oxygen atoms in total. The van der Waals surface area contributed by atoms with Gasteiger partial charge in [0, 0.05) is 21.8 Å². The van der Waals surface area contributed by atoms with Gasteiger partial charge in [0.05, 0.1) is 5.97 Å². The third-order valence-electron chi connectivity index (χ3n) is 3.93. The van der Waals surface area contributed by atoms with Gasteiger partial charge in [-0.25, -0.2) is 0 Å². The van der Waals surface area contributed by atoms with E-state index < -0.39 is 5.97 Å². The highest BCUT2D eigenvalue weighted by atomic mass is 35.5. The van der Waals surface area contributed by atoms with Crippen molar-refractivity contribution in [3.05, 3.63) is 88.9 Å². The lowest BCUT2D eigenvalue weighted by Crippen LogP contribution is -2.34. The van der Waals surface area contributed by atoms with Crippen molar-refractivity contribution in [2.45, 2.75) is 0 Å². The molecule has 0 fully saturated rings. The zero-order chi connectivity index (χ0) is 20.1. The molecule has 0 unspecified atom stereocenters. The van der Waals surface area contributed by atoms with Crippen LogP contribution in [0.1, 0.15) is 20.7 Å². The number of carbonyl (C=O) groups is 2. The Morgan fingerprint density at radius 1 is 0.893 bits per heavy atom. The number of benzene rings is 3. The number of amides is 1. The molecule has 2 N–H and O–H groups in total. The number of hydrogen-bond acceptors (Lipinski definition) is 4. The zero-order valence-electron chi connectivity index (χ0n) is 14.4. The maximum Gasteiger partial charge on any atom is 0.257 e. The van der Waals surface area contributed by atoms with Crippen molar-refractivity contribution in [3.63, 3.8) is 0 Å². The van der Waals surface area contributed by atoms with Crippen LogP contribution in [0.2, 0.25) is 5.02 Å². The summed E-state index contributed by atoms with van der Waals surface area (Å²) in [7, 11) is 0. The summed E-state index contributed by atoms with van der Waals surface area (Å²) in [6.45, 7) is 0. The Bertz CT molecular complexity index is 1040. The molecule has 1 amide bonds. The molecule has 0 saturated heterocycles. The number of carboxylic acids is 1. The van der Waals surface area contributed by atoms with Gasteiger partial charge < -0.3 is 15.2 Å². The molecule has 7 heteroatoms. The Morgan fingerprint density at radius 3 is 2.18 bits per heavy atom. The molecule has 0 saturated carbocycles. The molecule has 0 atom stereocenters. The molecule has 0 aromatic heterocycles. The second-order valence-electron chi connectivity index (χ2n) is 5.83. The molecule has 3 rings (SSSR count). The van der Waals surface area contributed by atoms with Crippen molar-refractivity contribution < 1.29 is 14.7 Å². The molecule has 0 radical (unpaired) electrons. The molecule has 28 heavy (non-hydrogen) atoms. The average molecular weight is 410 g/mol. The average Bonchev–Trinajstić information content (AvgIpc) is 2.70. The summed E-state index contributed by atoms with van der Waals surface area (Å²) < 4.78 is 0. The van der Waals surface area contributed by atoms with E-state index in [1.54, 1.807) is 18.2 Å². The van der Waals surface area contributed by atoms with Crippen molar-refractivity contribution >= 4 is 46.5 Å². The molecule has 0 spiro atoms.